The van der Waals surface area contributed by atoms with E-state index in [9.17, 15) is 10.2 Å². The van der Waals surface area contributed by atoms with Gasteiger partial charge in [-0.25, -0.2) is 0 Å². The Kier molecular flexibility index (Phi) is 8.42. The number of aromatic hydroxyl groups is 2. The second kappa shape index (κ2) is 10.8. The number of benzene rings is 4. The van der Waals surface area contributed by atoms with E-state index in [2.05, 4.69) is 13.8 Å². The van der Waals surface area contributed by atoms with Crippen LogP contribution in [-0.2, 0) is 26.2 Å². The summed E-state index contributed by atoms with van der Waals surface area (Å²) in [5.41, 5.74) is 6.32. The molecular weight excluding hydrogens is 436 g/mol. The van der Waals surface area contributed by atoms with E-state index in [4.69, 9.17) is 0 Å². The molecule has 4 aromatic carbocycles. The first kappa shape index (κ1) is 22.7. The van der Waals surface area contributed by atoms with E-state index in [1.807, 2.05) is 84.9 Å². The van der Waals surface area contributed by atoms with Crippen LogP contribution in [0.1, 0.15) is 11.1 Å². The van der Waals surface area contributed by atoms with Gasteiger partial charge in [0.1, 0.15) is 11.5 Å². The molecule has 0 unspecified atom stereocenters. The van der Waals surface area contributed by atoms with Crippen LogP contribution in [0.5, 0.6) is 11.5 Å². The van der Waals surface area contributed by atoms with Gasteiger partial charge in [-0.2, -0.15) is 0 Å². The zero-order valence-corrected chi connectivity index (χ0v) is 19.1. The Morgan fingerprint density at radius 2 is 0.759 bits per heavy atom. The Labute approximate surface area is 191 Å². The maximum Gasteiger partial charge on any atom is 0.123 e. The van der Waals surface area contributed by atoms with Crippen molar-refractivity contribution >= 4 is 0 Å². The maximum atomic E-state index is 9.63. The van der Waals surface area contributed by atoms with Gasteiger partial charge in [0.15, 0.2) is 0 Å². The topological polar surface area (TPSA) is 40.5 Å². The molecule has 2 N–H and O–H groups in total. The number of hydrogen-bond donors (Lipinski definition) is 2. The van der Waals surface area contributed by atoms with Gasteiger partial charge in [0.25, 0.3) is 0 Å². The fourth-order valence-corrected chi connectivity index (χ4v) is 2.90. The molecule has 0 amide bonds. The van der Waals surface area contributed by atoms with Crippen LogP contribution in [0.4, 0.5) is 0 Å². The van der Waals surface area contributed by atoms with E-state index in [1.165, 1.54) is 11.1 Å². The van der Waals surface area contributed by atoms with Crippen molar-refractivity contribution in [2.24, 2.45) is 0 Å². The monoisotopic (exact) mass is 458 g/mol. The standard InChI is InChI=1S/2C13H12O.Zr/c2*1-10-6-8-11(9-7-10)12-4-2-3-5-13(12)14;/h2*2-9,14H,1H3;. The second-order valence-corrected chi connectivity index (χ2v) is 6.77. The zero-order valence-electron chi connectivity index (χ0n) is 16.6. The minimum absolute atomic E-state index is 0. The average molecular weight is 460 g/mol. The smallest absolute Gasteiger partial charge is 0.123 e. The second-order valence-electron chi connectivity index (χ2n) is 6.77. The number of phenolic OH excluding ortho intramolecular Hbond substituents is 2. The van der Waals surface area contributed by atoms with Crippen molar-refractivity contribution in [3.8, 4) is 33.8 Å². The summed E-state index contributed by atoms with van der Waals surface area (Å²) in [4.78, 5) is 0. The number of aryl methyl sites for hydroxylation is 2. The first-order chi connectivity index (χ1) is 13.5. The first-order valence-electron chi connectivity index (χ1n) is 9.24. The summed E-state index contributed by atoms with van der Waals surface area (Å²) < 4.78 is 0. The molecule has 144 valence electrons. The Balaban J connectivity index is 0.000000200. The quantitative estimate of drug-likeness (QED) is 0.349. The van der Waals surface area contributed by atoms with Crippen LogP contribution >= 0.6 is 0 Å². The molecule has 0 saturated carbocycles. The Bertz CT molecular complexity index is 952. The molecule has 0 saturated heterocycles. The number of rotatable bonds is 2. The minimum Gasteiger partial charge on any atom is -0.507 e. The largest absolute Gasteiger partial charge is 0.507 e. The fourth-order valence-electron chi connectivity index (χ4n) is 2.90. The molecule has 0 aliphatic heterocycles. The summed E-state index contributed by atoms with van der Waals surface area (Å²) in [5, 5.41) is 19.3. The van der Waals surface area contributed by atoms with Gasteiger partial charge in [0.2, 0.25) is 0 Å². The molecule has 4 aromatic rings. The molecule has 0 aliphatic rings. The van der Waals surface area contributed by atoms with Crippen molar-refractivity contribution in [2.75, 3.05) is 0 Å². The van der Waals surface area contributed by atoms with Crippen LogP contribution in [0.15, 0.2) is 97.1 Å². The predicted octanol–water partition coefficient (Wildman–Crippen LogP) is 6.73. The van der Waals surface area contributed by atoms with Gasteiger partial charge in [-0.3, -0.25) is 0 Å². The van der Waals surface area contributed by atoms with Crippen molar-refractivity contribution in [1.29, 1.82) is 0 Å². The summed E-state index contributed by atoms with van der Waals surface area (Å²) in [5.74, 6) is 0.660. The maximum absolute atomic E-state index is 9.63. The van der Waals surface area contributed by atoms with Gasteiger partial charge in [-0.15, -0.1) is 0 Å². The normalized spacial score (nSPS) is 9.72. The van der Waals surface area contributed by atoms with Crippen molar-refractivity contribution < 1.29 is 36.4 Å². The van der Waals surface area contributed by atoms with Gasteiger partial charge < -0.3 is 10.2 Å². The molecule has 0 heterocycles. The van der Waals surface area contributed by atoms with Gasteiger partial charge in [0, 0.05) is 37.3 Å². The van der Waals surface area contributed by atoms with Crippen LogP contribution in [0, 0.1) is 13.8 Å². The SMILES string of the molecule is Cc1ccc(-c2ccccc2O)cc1.Cc1ccc(-c2ccccc2O)cc1.[Zr]. The summed E-state index contributed by atoms with van der Waals surface area (Å²) in [6.07, 6.45) is 0. The van der Waals surface area contributed by atoms with Crippen molar-refractivity contribution in [2.45, 2.75) is 13.8 Å². The number of para-hydroxylation sites is 2. The Hall–Kier alpha value is -2.64. The molecule has 0 aliphatic carbocycles. The number of hydrogen-bond acceptors (Lipinski definition) is 2. The first-order valence-corrected chi connectivity index (χ1v) is 9.24. The van der Waals surface area contributed by atoms with Crippen LogP contribution < -0.4 is 0 Å². The van der Waals surface area contributed by atoms with E-state index < -0.39 is 0 Å². The molecule has 0 radical (unpaired) electrons. The minimum atomic E-state index is 0. The molecule has 0 aromatic heterocycles. The van der Waals surface area contributed by atoms with E-state index in [1.54, 1.807) is 12.1 Å². The molecule has 0 atom stereocenters. The molecule has 2 nitrogen and oxygen atoms in total. The summed E-state index contributed by atoms with van der Waals surface area (Å²) in [6, 6.07) is 31.0. The molecule has 0 fully saturated rings. The molecule has 4 rings (SSSR count). The van der Waals surface area contributed by atoms with E-state index >= 15 is 0 Å². The third-order valence-electron chi connectivity index (χ3n) is 4.53. The molecule has 29 heavy (non-hydrogen) atoms. The van der Waals surface area contributed by atoms with Gasteiger partial charge >= 0.3 is 0 Å². The third-order valence-corrected chi connectivity index (χ3v) is 4.53. The summed E-state index contributed by atoms with van der Waals surface area (Å²) in [7, 11) is 0. The average Bonchev–Trinajstić information content (AvgIpc) is 2.71. The third kappa shape index (κ3) is 6.17. The van der Waals surface area contributed by atoms with Crippen molar-refractivity contribution in [3.63, 3.8) is 0 Å². The Morgan fingerprint density at radius 1 is 0.448 bits per heavy atom. The van der Waals surface area contributed by atoms with Gasteiger partial charge in [-0.05, 0) is 37.1 Å². The van der Waals surface area contributed by atoms with Crippen LogP contribution in [0.3, 0.4) is 0 Å². The fraction of sp³-hybridized carbons (Fsp3) is 0.0769. The van der Waals surface area contributed by atoms with Crippen LogP contribution in [-0.4, -0.2) is 10.2 Å². The van der Waals surface area contributed by atoms with Gasteiger partial charge in [-0.1, -0.05) is 96.1 Å². The van der Waals surface area contributed by atoms with E-state index in [0.29, 0.717) is 11.5 Å². The summed E-state index contributed by atoms with van der Waals surface area (Å²) in [6.45, 7) is 4.10. The zero-order chi connectivity index (χ0) is 19.9. The van der Waals surface area contributed by atoms with Crippen LogP contribution in [0.25, 0.3) is 22.3 Å². The number of phenols is 2. The van der Waals surface area contributed by atoms with Gasteiger partial charge in [0.05, 0.1) is 0 Å². The molecule has 0 bridgehead atoms. The predicted molar refractivity (Wildman–Crippen MR) is 117 cm³/mol. The molecule has 0 spiro atoms. The molecule has 3 heteroatoms. The van der Waals surface area contributed by atoms with E-state index in [-0.39, 0.29) is 26.2 Å². The van der Waals surface area contributed by atoms with Crippen LogP contribution in [0.2, 0.25) is 0 Å². The van der Waals surface area contributed by atoms with Crippen molar-refractivity contribution in [1.82, 2.24) is 0 Å². The molecular formula is C26H24O2Zr. The van der Waals surface area contributed by atoms with E-state index in [0.717, 1.165) is 22.3 Å². The van der Waals surface area contributed by atoms with Crippen molar-refractivity contribution in [3.05, 3.63) is 108 Å². The Morgan fingerprint density at radius 3 is 1.07 bits per heavy atom. The summed E-state index contributed by atoms with van der Waals surface area (Å²) >= 11 is 0.